The molecular formula is C18H24N2O3S. The Balaban J connectivity index is 1.91. The van der Waals surface area contributed by atoms with Crippen LogP contribution in [0.4, 0.5) is 0 Å². The summed E-state index contributed by atoms with van der Waals surface area (Å²) in [6.45, 7) is 5.85. The Hall–Kier alpha value is -1.92. The van der Waals surface area contributed by atoms with Crippen molar-refractivity contribution in [3.05, 3.63) is 45.9 Å². The summed E-state index contributed by atoms with van der Waals surface area (Å²) in [5, 5.41) is 2.89. The minimum atomic E-state index is -0.00944. The molecule has 1 aromatic carbocycles. The summed E-state index contributed by atoms with van der Waals surface area (Å²) in [5.41, 5.74) is 2.09. The largest absolute Gasteiger partial charge is 0.486 e. The third kappa shape index (κ3) is 5.62. The van der Waals surface area contributed by atoms with Gasteiger partial charge in [0, 0.05) is 19.0 Å². The zero-order valence-corrected chi connectivity index (χ0v) is 15.3. The highest BCUT2D eigenvalue weighted by Gasteiger charge is 2.14. The number of methoxy groups -OCH3 is 1. The molecule has 1 amide bonds. The van der Waals surface area contributed by atoms with Gasteiger partial charge in [-0.15, -0.1) is 11.3 Å². The maximum absolute atomic E-state index is 12.0. The molecule has 0 saturated heterocycles. The molecule has 0 aliphatic carbocycles. The number of aromatic nitrogens is 1. The van der Waals surface area contributed by atoms with Crippen LogP contribution >= 0.6 is 11.3 Å². The molecule has 1 heterocycles. The minimum absolute atomic E-state index is 0.00944. The number of carbonyl (C=O) groups is 1. The summed E-state index contributed by atoms with van der Waals surface area (Å²) in [6.07, 6.45) is 0.906. The van der Waals surface area contributed by atoms with Crippen molar-refractivity contribution < 1.29 is 14.3 Å². The van der Waals surface area contributed by atoms with Crippen LogP contribution in [0.25, 0.3) is 0 Å². The van der Waals surface area contributed by atoms with Crippen LogP contribution in [0.1, 0.15) is 29.6 Å². The summed E-state index contributed by atoms with van der Waals surface area (Å²) >= 11 is 1.55. The average Bonchev–Trinajstić information content (AvgIpc) is 3.02. The van der Waals surface area contributed by atoms with Gasteiger partial charge in [-0.1, -0.05) is 24.6 Å². The Morgan fingerprint density at radius 3 is 2.71 bits per heavy atom. The molecule has 0 radical (unpaired) electrons. The van der Waals surface area contributed by atoms with Gasteiger partial charge in [-0.05, 0) is 25.5 Å². The van der Waals surface area contributed by atoms with E-state index in [1.165, 1.54) is 12.7 Å². The van der Waals surface area contributed by atoms with E-state index in [1.54, 1.807) is 16.2 Å². The molecule has 0 bridgehead atoms. The number of thiazole rings is 1. The quantitative estimate of drug-likeness (QED) is 0.697. The van der Waals surface area contributed by atoms with E-state index in [0.29, 0.717) is 19.7 Å². The number of carbonyl (C=O) groups excluding carboxylic acids is 1. The highest BCUT2D eigenvalue weighted by molar-refractivity contribution is 7.09. The number of aryl methyl sites for hydroxylation is 1. The van der Waals surface area contributed by atoms with Crippen LogP contribution in [0.5, 0.6) is 5.75 Å². The Morgan fingerprint density at radius 2 is 2.04 bits per heavy atom. The van der Waals surface area contributed by atoms with Gasteiger partial charge < -0.3 is 14.4 Å². The summed E-state index contributed by atoms with van der Waals surface area (Å²) in [5.74, 6) is 0.824. The third-order valence-corrected chi connectivity index (χ3v) is 4.32. The predicted octanol–water partition coefficient (Wildman–Crippen LogP) is 3.42. The summed E-state index contributed by atoms with van der Waals surface area (Å²) < 4.78 is 10.7. The number of nitrogens with zero attached hydrogens (tertiary/aromatic N) is 2. The molecule has 0 aliphatic rings. The fraction of sp³-hybridized carbons (Fsp3) is 0.444. The first-order valence-electron chi connectivity index (χ1n) is 8.01. The number of ether oxygens (including phenoxy) is 2. The Kier molecular flexibility index (Phi) is 7.21. The molecule has 0 saturated carbocycles. The van der Waals surface area contributed by atoms with Gasteiger partial charge in [-0.2, -0.15) is 0 Å². The second-order valence-electron chi connectivity index (χ2n) is 5.58. The summed E-state index contributed by atoms with van der Waals surface area (Å²) in [6, 6.07) is 7.95. The van der Waals surface area contributed by atoms with Gasteiger partial charge in [0.2, 0.25) is 5.91 Å². The highest BCUT2D eigenvalue weighted by Crippen LogP contribution is 2.17. The fourth-order valence-corrected chi connectivity index (χ4v) is 2.94. The zero-order valence-electron chi connectivity index (χ0n) is 14.4. The van der Waals surface area contributed by atoms with Crippen LogP contribution in [0.3, 0.4) is 0 Å². The summed E-state index contributed by atoms with van der Waals surface area (Å²) in [4.78, 5) is 18.4. The van der Waals surface area contributed by atoms with Crippen LogP contribution in [0.15, 0.2) is 29.6 Å². The molecule has 0 fully saturated rings. The number of hydrogen-bond donors (Lipinski definition) is 0. The monoisotopic (exact) mass is 348 g/mol. The molecule has 6 heteroatoms. The maximum Gasteiger partial charge on any atom is 0.248 e. The first-order valence-corrected chi connectivity index (χ1v) is 8.89. The Bertz CT molecular complexity index is 640. The lowest BCUT2D eigenvalue weighted by atomic mass is 10.2. The van der Waals surface area contributed by atoms with Gasteiger partial charge in [0.1, 0.15) is 24.0 Å². The van der Waals surface area contributed by atoms with Crippen molar-refractivity contribution in [3.8, 4) is 5.75 Å². The van der Waals surface area contributed by atoms with Crippen LogP contribution in [0.2, 0.25) is 0 Å². The van der Waals surface area contributed by atoms with Gasteiger partial charge >= 0.3 is 0 Å². The van der Waals surface area contributed by atoms with E-state index in [2.05, 4.69) is 11.9 Å². The fourth-order valence-electron chi connectivity index (χ4n) is 2.24. The van der Waals surface area contributed by atoms with E-state index in [-0.39, 0.29) is 12.5 Å². The van der Waals surface area contributed by atoms with Crippen molar-refractivity contribution in [2.45, 2.75) is 33.4 Å². The van der Waals surface area contributed by atoms with Crippen LogP contribution in [0, 0.1) is 6.92 Å². The van der Waals surface area contributed by atoms with E-state index in [0.717, 1.165) is 22.9 Å². The van der Waals surface area contributed by atoms with Crippen molar-refractivity contribution in [2.24, 2.45) is 0 Å². The first kappa shape index (κ1) is 18.4. The molecule has 0 spiro atoms. The molecule has 130 valence electrons. The van der Waals surface area contributed by atoms with E-state index < -0.39 is 0 Å². The van der Waals surface area contributed by atoms with Gasteiger partial charge in [-0.3, -0.25) is 4.79 Å². The number of amides is 1. The van der Waals surface area contributed by atoms with Crippen molar-refractivity contribution in [2.75, 3.05) is 20.3 Å². The van der Waals surface area contributed by atoms with Crippen LogP contribution in [-0.2, 0) is 22.7 Å². The highest BCUT2D eigenvalue weighted by atomic mass is 32.1. The van der Waals surface area contributed by atoms with Gasteiger partial charge in [0.15, 0.2) is 0 Å². The van der Waals surface area contributed by atoms with Crippen molar-refractivity contribution in [3.63, 3.8) is 0 Å². The molecule has 0 unspecified atom stereocenters. The van der Waals surface area contributed by atoms with Crippen molar-refractivity contribution in [1.29, 1.82) is 0 Å². The summed E-state index contributed by atoms with van der Waals surface area (Å²) in [7, 11) is 1.53. The average molecular weight is 348 g/mol. The van der Waals surface area contributed by atoms with Crippen molar-refractivity contribution >= 4 is 17.2 Å². The topological polar surface area (TPSA) is 51.7 Å². The Morgan fingerprint density at radius 1 is 1.29 bits per heavy atom. The number of rotatable bonds is 9. The molecule has 0 aliphatic heterocycles. The second kappa shape index (κ2) is 9.39. The minimum Gasteiger partial charge on any atom is -0.486 e. The van der Waals surface area contributed by atoms with E-state index >= 15 is 0 Å². The molecule has 0 atom stereocenters. The number of benzene rings is 1. The lowest BCUT2D eigenvalue weighted by molar-refractivity contribution is -0.135. The molecule has 2 rings (SSSR count). The zero-order chi connectivity index (χ0) is 17.4. The standard InChI is InChI=1S/C18H24N2O3S/c1-4-9-20(18(21)12-22-3)10-15-13-24-17(19-15)11-23-16-7-5-14(2)6-8-16/h5-8,13H,4,9-12H2,1-3H3. The molecular weight excluding hydrogens is 324 g/mol. The lowest BCUT2D eigenvalue weighted by Crippen LogP contribution is -2.34. The predicted molar refractivity (Wildman–Crippen MR) is 95.2 cm³/mol. The Labute approximate surface area is 147 Å². The number of hydrogen-bond acceptors (Lipinski definition) is 5. The first-order chi connectivity index (χ1) is 11.6. The van der Waals surface area contributed by atoms with Crippen molar-refractivity contribution in [1.82, 2.24) is 9.88 Å². The smallest absolute Gasteiger partial charge is 0.248 e. The van der Waals surface area contributed by atoms with Crippen LogP contribution in [-0.4, -0.2) is 36.1 Å². The SMILES string of the molecule is CCCN(Cc1csc(COc2ccc(C)cc2)n1)C(=O)COC. The molecule has 1 aromatic heterocycles. The normalized spacial score (nSPS) is 10.6. The molecule has 24 heavy (non-hydrogen) atoms. The van der Waals surface area contributed by atoms with E-state index in [4.69, 9.17) is 9.47 Å². The van der Waals surface area contributed by atoms with Gasteiger partial charge in [0.05, 0.1) is 12.2 Å². The van der Waals surface area contributed by atoms with E-state index in [9.17, 15) is 4.79 Å². The third-order valence-electron chi connectivity index (χ3n) is 3.45. The lowest BCUT2D eigenvalue weighted by Gasteiger charge is -2.20. The maximum atomic E-state index is 12.0. The molecule has 2 aromatic rings. The van der Waals surface area contributed by atoms with Gasteiger partial charge in [0.25, 0.3) is 0 Å². The molecule has 0 N–H and O–H groups in total. The van der Waals surface area contributed by atoms with E-state index in [1.807, 2.05) is 36.6 Å². The van der Waals surface area contributed by atoms with Crippen LogP contribution < -0.4 is 4.74 Å². The van der Waals surface area contributed by atoms with Gasteiger partial charge in [-0.25, -0.2) is 4.98 Å². The molecule has 5 nitrogen and oxygen atoms in total. The second-order valence-corrected chi connectivity index (χ2v) is 6.53.